The Bertz CT molecular complexity index is 629. The second kappa shape index (κ2) is 4.24. The molecule has 2 aromatic rings. The summed E-state index contributed by atoms with van der Waals surface area (Å²) in [5.74, 6) is 0. The van der Waals surface area contributed by atoms with Crippen LogP contribution in [0, 0.1) is 0 Å². The summed E-state index contributed by atoms with van der Waals surface area (Å²) in [5.41, 5.74) is 1.46. The monoisotopic (exact) mass is 260 g/mol. The third-order valence-corrected chi connectivity index (χ3v) is 4.83. The van der Waals surface area contributed by atoms with Gasteiger partial charge in [0.25, 0.3) is 0 Å². The lowest BCUT2D eigenvalue weighted by atomic mass is 9.86. The van der Waals surface area contributed by atoms with Crippen LogP contribution < -0.4 is 5.30 Å². The van der Waals surface area contributed by atoms with Crippen molar-refractivity contribution in [2.75, 3.05) is 13.3 Å². The molecule has 0 atom stereocenters. The maximum absolute atomic E-state index is 12.1. The van der Waals surface area contributed by atoms with Gasteiger partial charge in [-0.25, -0.2) is 0 Å². The molecule has 0 aromatic heterocycles. The Morgan fingerprint density at radius 1 is 0.889 bits per heavy atom. The third kappa shape index (κ3) is 2.67. The molecule has 18 heavy (non-hydrogen) atoms. The van der Waals surface area contributed by atoms with E-state index in [0.29, 0.717) is 0 Å². The molecule has 1 nitrogen and oxygen atoms in total. The minimum Gasteiger partial charge on any atom is -0.319 e. The van der Waals surface area contributed by atoms with E-state index >= 15 is 0 Å². The van der Waals surface area contributed by atoms with Crippen molar-refractivity contribution in [3.63, 3.8) is 0 Å². The van der Waals surface area contributed by atoms with Gasteiger partial charge in [-0.2, -0.15) is 0 Å². The van der Waals surface area contributed by atoms with E-state index in [1.165, 1.54) is 16.3 Å². The minimum atomic E-state index is -2.18. The van der Waals surface area contributed by atoms with Crippen LogP contribution >= 0.6 is 7.14 Å². The zero-order chi connectivity index (χ0) is 13.6. The molecule has 0 bridgehead atoms. The van der Waals surface area contributed by atoms with Gasteiger partial charge in [-0.3, -0.25) is 0 Å². The van der Waals surface area contributed by atoms with Gasteiger partial charge in [-0.05, 0) is 41.1 Å². The van der Waals surface area contributed by atoms with Crippen LogP contribution in [0.3, 0.4) is 0 Å². The number of fused-ring (bicyclic) bond motifs is 1. The summed E-state index contributed by atoms with van der Waals surface area (Å²) in [5, 5.41) is 3.35. The van der Waals surface area contributed by atoms with E-state index < -0.39 is 7.14 Å². The molecule has 0 aliphatic heterocycles. The average molecular weight is 260 g/mol. The van der Waals surface area contributed by atoms with Crippen LogP contribution in [0.1, 0.15) is 26.3 Å². The summed E-state index contributed by atoms with van der Waals surface area (Å²) in [7, 11) is -2.18. The Kier molecular flexibility index (Phi) is 3.15. The highest BCUT2D eigenvalue weighted by molar-refractivity contribution is 7.70. The molecular weight excluding hydrogens is 239 g/mol. The standard InChI is InChI=1S/C16H21OP/c1-16(2,3)14-8-6-12-7-9-15(18(4,5)17)11-13(12)10-14/h6-11H,1-5H3. The van der Waals surface area contributed by atoms with Gasteiger partial charge < -0.3 is 4.57 Å². The van der Waals surface area contributed by atoms with Crippen LogP contribution in [0.4, 0.5) is 0 Å². The van der Waals surface area contributed by atoms with Crippen molar-refractivity contribution in [1.29, 1.82) is 0 Å². The molecular formula is C16H21OP. The lowest BCUT2D eigenvalue weighted by Crippen LogP contribution is -2.11. The molecule has 0 saturated heterocycles. The minimum absolute atomic E-state index is 0.145. The van der Waals surface area contributed by atoms with Crippen molar-refractivity contribution in [2.45, 2.75) is 26.2 Å². The molecule has 0 radical (unpaired) electrons. The summed E-state index contributed by atoms with van der Waals surface area (Å²) >= 11 is 0. The molecule has 0 fully saturated rings. The van der Waals surface area contributed by atoms with Gasteiger partial charge in [-0.1, -0.05) is 51.1 Å². The van der Waals surface area contributed by atoms with Gasteiger partial charge >= 0.3 is 0 Å². The third-order valence-electron chi connectivity index (χ3n) is 3.31. The maximum atomic E-state index is 12.1. The van der Waals surface area contributed by atoms with E-state index in [9.17, 15) is 4.57 Å². The van der Waals surface area contributed by atoms with Gasteiger partial charge in [-0.15, -0.1) is 0 Å². The van der Waals surface area contributed by atoms with Crippen molar-refractivity contribution in [3.8, 4) is 0 Å². The Labute approximate surface area is 110 Å². The summed E-state index contributed by atoms with van der Waals surface area (Å²) in [6, 6.07) is 12.7. The van der Waals surface area contributed by atoms with Crippen molar-refractivity contribution in [1.82, 2.24) is 0 Å². The Morgan fingerprint density at radius 2 is 1.50 bits per heavy atom. The van der Waals surface area contributed by atoms with E-state index in [1.807, 2.05) is 19.4 Å². The van der Waals surface area contributed by atoms with Crippen molar-refractivity contribution < 1.29 is 4.57 Å². The van der Waals surface area contributed by atoms with Crippen LogP contribution in [-0.2, 0) is 9.98 Å². The highest BCUT2D eigenvalue weighted by atomic mass is 31.2. The highest BCUT2D eigenvalue weighted by Gasteiger charge is 2.15. The topological polar surface area (TPSA) is 17.1 Å². The fourth-order valence-electron chi connectivity index (χ4n) is 2.04. The van der Waals surface area contributed by atoms with Gasteiger partial charge in [0.05, 0.1) is 0 Å². The summed E-state index contributed by atoms with van der Waals surface area (Å²) < 4.78 is 12.1. The molecule has 2 heteroatoms. The lowest BCUT2D eigenvalue weighted by molar-refractivity contribution is 0.588. The van der Waals surface area contributed by atoms with Gasteiger partial charge in [0.15, 0.2) is 0 Å². The first-order chi connectivity index (χ1) is 8.18. The molecule has 96 valence electrons. The van der Waals surface area contributed by atoms with Crippen molar-refractivity contribution in [2.24, 2.45) is 0 Å². The molecule has 0 heterocycles. The average Bonchev–Trinajstić information content (AvgIpc) is 2.25. The quantitative estimate of drug-likeness (QED) is 0.695. The fraction of sp³-hybridized carbons (Fsp3) is 0.375. The van der Waals surface area contributed by atoms with Crippen molar-refractivity contribution in [3.05, 3.63) is 42.0 Å². The Hall–Kier alpha value is -1.07. The van der Waals surface area contributed by atoms with Crippen LogP contribution in [0.15, 0.2) is 36.4 Å². The normalized spacial score (nSPS) is 12.9. The van der Waals surface area contributed by atoms with Gasteiger partial charge in [0, 0.05) is 5.30 Å². The molecule has 0 amide bonds. The summed E-state index contributed by atoms with van der Waals surface area (Å²) in [4.78, 5) is 0. The van der Waals surface area contributed by atoms with E-state index in [0.717, 1.165) is 5.30 Å². The van der Waals surface area contributed by atoms with Crippen LogP contribution in [-0.4, -0.2) is 13.3 Å². The van der Waals surface area contributed by atoms with E-state index in [-0.39, 0.29) is 5.41 Å². The van der Waals surface area contributed by atoms with E-state index in [4.69, 9.17) is 0 Å². The fourth-order valence-corrected chi connectivity index (χ4v) is 2.92. The highest BCUT2D eigenvalue weighted by Crippen LogP contribution is 2.36. The van der Waals surface area contributed by atoms with Crippen LogP contribution in [0.25, 0.3) is 10.8 Å². The first kappa shape index (κ1) is 13.4. The molecule has 2 rings (SSSR count). The molecule has 0 spiro atoms. The molecule has 0 saturated carbocycles. The van der Waals surface area contributed by atoms with Gasteiger partial charge in [0.1, 0.15) is 7.14 Å². The predicted molar refractivity (Wildman–Crippen MR) is 81.7 cm³/mol. The first-order valence-corrected chi connectivity index (χ1v) is 8.88. The lowest BCUT2D eigenvalue weighted by Gasteiger charge is -2.19. The molecule has 2 aromatic carbocycles. The zero-order valence-electron chi connectivity index (χ0n) is 11.8. The zero-order valence-corrected chi connectivity index (χ0v) is 12.7. The molecule has 0 aliphatic carbocycles. The maximum Gasteiger partial charge on any atom is 0.109 e. The number of hydrogen-bond acceptors (Lipinski definition) is 1. The van der Waals surface area contributed by atoms with E-state index in [1.54, 1.807) is 0 Å². The largest absolute Gasteiger partial charge is 0.319 e. The predicted octanol–water partition coefficient (Wildman–Crippen LogP) is 4.39. The number of rotatable bonds is 1. The van der Waals surface area contributed by atoms with Crippen LogP contribution in [0.2, 0.25) is 0 Å². The number of hydrogen-bond donors (Lipinski definition) is 0. The summed E-state index contributed by atoms with van der Waals surface area (Å²) in [6.07, 6.45) is 0. The molecule has 0 N–H and O–H groups in total. The number of benzene rings is 2. The smallest absolute Gasteiger partial charge is 0.109 e. The Balaban J connectivity index is 2.64. The van der Waals surface area contributed by atoms with Crippen molar-refractivity contribution >= 4 is 23.2 Å². The van der Waals surface area contributed by atoms with E-state index in [2.05, 4.69) is 51.1 Å². The summed E-state index contributed by atoms with van der Waals surface area (Å²) in [6.45, 7) is 10.3. The first-order valence-electron chi connectivity index (χ1n) is 6.28. The van der Waals surface area contributed by atoms with Crippen LogP contribution in [0.5, 0.6) is 0 Å². The van der Waals surface area contributed by atoms with Gasteiger partial charge in [0.2, 0.25) is 0 Å². The molecule has 0 unspecified atom stereocenters. The second-order valence-corrected chi connectivity index (χ2v) is 9.57. The molecule has 0 aliphatic rings. The SMILES string of the molecule is CC(C)(C)c1ccc2ccc(P(C)(C)=O)cc2c1. The Morgan fingerprint density at radius 3 is 2.06 bits per heavy atom. The second-order valence-electron chi connectivity index (χ2n) is 6.35.